The zero-order valence-corrected chi connectivity index (χ0v) is 44.4. The molecule has 0 radical (unpaired) electrons. The topological polar surface area (TPSA) is 68.2 Å². The van der Waals surface area contributed by atoms with Crippen LogP contribution in [0.15, 0.2) is 109 Å². The monoisotopic (exact) mass is 926 g/mol. The van der Waals surface area contributed by atoms with Crippen molar-refractivity contribution in [2.24, 2.45) is 11.5 Å². The van der Waals surface area contributed by atoms with Crippen molar-refractivity contribution in [2.45, 2.75) is 176 Å². The molecule has 4 aromatic carbocycles. The first-order valence-electron chi connectivity index (χ1n) is 27.6. The molecule has 7 nitrogen and oxygen atoms in total. The Morgan fingerprint density at radius 3 is 0.897 bits per heavy atom. The maximum absolute atomic E-state index is 8.62. The fourth-order valence-electron chi connectivity index (χ4n) is 10.4. The van der Waals surface area contributed by atoms with Crippen molar-refractivity contribution in [2.75, 3.05) is 76.9 Å². The van der Waals surface area contributed by atoms with Crippen LogP contribution in [-0.4, -0.2) is 52.4 Å². The van der Waals surface area contributed by atoms with Gasteiger partial charge in [0.25, 0.3) is 0 Å². The second kappa shape index (κ2) is 28.1. The predicted molar refractivity (Wildman–Crippen MR) is 300 cm³/mol. The lowest BCUT2D eigenvalue weighted by Crippen LogP contribution is -2.67. The Bertz CT molecular complexity index is 1910. The van der Waals surface area contributed by atoms with E-state index in [-0.39, 0.29) is 0 Å². The summed E-state index contributed by atoms with van der Waals surface area (Å²) in [5, 5.41) is 0. The Hall–Kier alpha value is -4.62. The summed E-state index contributed by atoms with van der Waals surface area (Å²) in [4.78, 5) is 12.7. The van der Waals surface area contributed by atoms with Gasteiger partial charge in [0, 0.05) is 99.1 Å². The zero-order valence-electron chi connectivity index (χ0n) is 44.4. The molecule has 0 saturated carbocycles. The average Bonchev–Trinajstić information content (AvgIpc) is 3.37. The molecule has 7 heteroatoms. The van der Waals surface area contributed by atoms with Gasteiger partial charge in [-0.3, -0.25) is 0 Å². The first-order chi connectivity index (χ1) is 33.2. The third-order valence-electron chi connectivity index (χ3n) is 14.7. The first-order valence-corrected chi connectivity index (χ1v) is 27.6. The Morgan fingerprint density at radius 1 is 0.382 bits per heavy atom. The van der Waals surface area contributed by atoms with Gasteiger partial charge in [-0.15, -0.1) is 0 Å². The highest BCUT2D eigenvalue weighted by Gasteiger charge is 2.58. The maximum atomic E-state index is 8.62. The van der Waals surface area contributed by atoms with Crippen molar-refractivity contribution < 1.29 is 0 Å². The van der Waals surface area contributed by atoms with E-state index < -0.39 is 11.1 Å². The maximum Gasteiger partial charge on any atom is 0.133 e. The summed E-state index contributed by atoms with van der Waals surface area (Å²) in [6, 6.07) is 37.6. The molecule has 1 heterocycles. The van der Waals surface area contributed by atoms with Gasteiger partial charge in [0.1, 0.15) is 5.66 Å². The molecule has 1 unspecified atom stereocenters. The van der Waals surface area contributed by atoms with Crippen LogP contribution in [0.5, 0.6) is 0 Å². The molecule has 0 fully saturated rings. The average molecular weight is 926 g/mol. The fourth-order valence-corrected chi connectivity index (χ4v) is 10.4. The molecule has 0 saturated heterocycles. The van der Waals surface area contributed by atoms with E-state index in [0.29, 0.717) is 6.42 Å². The molecule has 1 aliphatic heterocycles. The van der Waals surface area contributed by atoms with E-state index in [1.165, 1.54) is 137 Å². The minimum absolute atomic E-state index is 0.574. The van der Waals surface area contributed by atoms with Gasteiger partial charge in [-0.05, 0) is 129 Å². The molecule has 5 rings (SSSR count). The van der Waals surface area contributed by atoms with Crippen LogP contribution >= 0.6 is 0 Å². The van der Waals surface area contributed by atoms with Gasteiger partial charge in [-0.1, -0.05) is 143 Å². The number of hydrogen-bond donors (Lipinski definition) is 2. The lowest BCUT2D eigenvalue weighted by molar-refractivity contribution is 0.246. The van der Waals surface area contributed by atoms with Crippen molar-refractivity contribution in [3.8, 4) is 0 Å². The molecule has 0 aliphatic carbocycles. The van der Waals surface area contributed by atoms with Gasteiger partial charge in [0.05, 0.1) is 5.41 Å². The van der Waals surface area contributed by atoms with Gasteiger partial charge < -0.3 is 36.0 Å². The summed E-state index contributed by atoms with van der Waals surface area (Å²) < 4.78 is 0. The number of anilines is 5. The molecule has 1 atom stereocenters. The molecule has 0 aromatic heterocycles. The van der Waals surface area contributed by atoms with Gasteiger partial charge in [0.2, 0.25) is 0 Å². The van der Waals surface area contributed by atoms with Crippen LogP contribution in [0.4, 0.5) is 28.4 Å². The number of rotatable bonds is 32. The molecule has 0 spiro atoms. The van der Waals surface area contributed by atoms with Crippen molar-refractivity contribution in [3.63, 3.8) is 0 Å². The number of nitrogens with two attached hydrogens (primary N) is 2. The minimum Gasteiger partial charge on any atom is -0.401 e. The van der Waals surface area contributed by atoms with E-state index in [1.807, 2.05) is 0 Å². The molecule has 4 N–H and O–H groups in total. The van der Waals surface area contributed by atoms with Gasteiger partial charge in [-0.2, -0.15) is 0 Å². The number of nitrogens with zero attached hydrogens (tertiary/aromatic N) is 5. The minimum atomic E-state index is -1.09. The highest BCUT2D eigenvalue weighted by Crippen LogP contribution is 2.55. The highest BCUT2D eigenvalue weighted by atomic mass is 15.3. The molecule has 0 bridgehead atoms. The van der Waals surface area contributed by atoms with Crippen LogP contribution in [0.25, 0.3) is 0 Å². The Kier molecular flexibility index (Phi) is 22.5. The Morgan fingerprint density at radius 2 is 0.632 bits per heavy atom. The molecule has 374 valence electrons. The third kappa shape index (κ3) is 13.4. The molecule has 0 amide bonds. The van der Waals surface area contributed by atoms with Gasteiger partial charge in [-0.25, -0.2) is 0 Å². The van der Waals surface area contributed by atoms with Crippen LogP contribution in [-0.2, 0) is 11.1 Å². The second-order valence-electron chi connectivity index (χ2n) is 19.9. The van der Waals surface area contributed by atoms with E-state index in [1.54, 1.807) is 0 Å². The van der Waals surface area contributed by atoms with E-state index in [2.05, 4.69) is 183 Å². The number of allylic oxidation sites excluding steroid dienone is 1. The lowest BCUT2D eigenvalue weighted by atomic mass is 9.59. The third-order valence-corrected chi connectivity index (χ3v) is 14.7. The normalized spacial score (nSPS) is 15.6. The molecular weight excluding hydrogens is 831 g/mol. The largest absolute Gasteiger partial charge is 0.401 e. The lowest BCUT2D eigenvalue weighted by Gasteiger charge is -2.57. The molecule has 1 aliphatic rings. The SMILES string of the molecule is CCCCN(CCCC)c1ccc(N2C=C(N)CC(c3ccc(N(CCCC)CCCC)cc3)(c3ccc(N(CCCC)CCCC)cc3)C2(N)c2ccc(N(CCCC)CCCC)cc2)cc1. The summed E-state index contributed by atoms with van der Waals surface area (Å²) in [6.45, 7) is 26.8. The number of benzene rings is 4. The van der Waals surface area contributed by atoms with Crippen LogP contribution in [0.1, 0.15) is 181 Å². The summed E-state index contributed by atoms with van der Waals surface area (Å²) in [7, 11) is 0. The molecule has 68 heavy (non-hydrogen) atoms. The van der Waals surface area contributed by atoms with Crippen LogP contribution in [0, 0.1) is 0 Å². The first kappa shape index (κ1) is 54.3. The summed E-state index contributed by atoms with van der Waals surface area (Å²) in [5.41, 5.74) is 24.5. The summed E-state index contributed by atoms with van der Waals surface area (Å²) >= 11 is 0. The Balaban J connectivity index is 1.79. The standard InChI is InChI=1S/C61H95N7/c1-9-17-41-64(42-18-10-2)55-31-25-51(26-32-55)60(52-27-33-56(34-28-52)65(43-19-11-3)44-20-12-4)49-54(62)50-68(59-39-37-58(38-40-59)67(47-23-15-7)48-24-16-8)61(60,63)53-29-35-57(36-30-53)66(45-21-13-5)46-22-14-6/h25-40,50H,9-24,41-49,62-63H2,1-8H3. The van der Waals surface area contributed by atoms with E-state index >= 15 is 0 Å². The second-order valence-corrected chi connectivity index (χ2v) is 19.9. The van der Waals surface area contributed by atoms with Gasteiger partial charge >= 0.3 is 0 Å². The smallest absolute Gasteiger partial charge is 0.133 e. The number of hydrogen-bond acceptors (Lipinski definition) is 7. The Labute approximate surface area is 416 Å². The number of unbranched alkanes of at least 4 members (excludes halogenated alkanes) is 8. The van der Waals surface area contributed by atoms with Crippen molar-refractivity contribution >= 4 is 28.4 Å². The highest BCUT2D eigenvalue weighted by molar-refractivity contribution is 5.67. The van der Waals surface area contributed by atoms with Crippen molar-refractivity contribution in [1.82, 2.24) is 0 Å². The predicted octanol–water partition coefficient (Wildman–Crippen LogP) is 15.1. The molecule has 4 aromatic rings. The van der Waals surface area contributed by atoms with Crippen LogP contribution in [0.2, 0.25) is 0 Å². The van der Waals surface area contributed by atoms with Crippen LogP contribution in [0.3, 0.4) is 0 Å². The van der Waals surface area contributed by atoms with Crippen molar-refractivity contribution in [3.05, 3.63) is 126 Å². The van der Waals surface area contributed by atoms with Crippen molar-refractivity contribution in [1.29, 1.82) is 0 Å². The quantitative estimate of drug-likeness (QED) is 0.0506. The van der Waals surface area contributed by atoms with Gasteiger partial charge in [0.15, 0.2) is 0 Å². The zero-order chi connectivity index (χ0) is 48.8. The molecular formula is C61H95N7. The van der Waals surface area contributed by atoms with E-state index in [9.17, 15) is 0 Å². The van der Waals surface area contributed by atoms with E-state index in [0.717, 1.165) is 69.3 Å². The van der Waals surface area contributed by atoms with Crippen LogP contribution < -0.4 is 36.0 Å². The fraction of sp³-hybridized carbons (Fsp3) is 0.574. The summed E-state index contributed by atoms with van der Waals surface area (Å²) in [6.07, 6.45) is 21.5. The van der Waals surface area contributed by atoms with E-state index in [4.69, 9.17) is 11.5 Å². The summed E-state index contributed by atoms with van der Waals surface area (Å²) in [5.74, 6) is 0.